The average molecular weight is 493 g/mol. The lowest BCUT2D eigenvalue weighted by Gasteiger charge is -2.12. The number of benzene rings is 2. The Balaban J connectivity index is 1.50. The molecule has 1 aliphatic rings. The highest BCUT2D eigenvalue weighted by atomic mass is 32.2. The molecule has 2 heterocycles. The number of thioether (sulfide) groups is 1. The van der Waals surface area contributed by atoms with Gasteiger partial charge in [-0.05, 0) is 60.6 Å². The summed E-state index contributed by atoms with van der Waals surface area (Å²) in [5.74, 6) is -0.381. The van der Waals surface area contributed by atoms with Crippen LogP contribution >= 0.6 is 11.8 Å². The number of hydrogen-bond donors (Lipinski definition) is 1. The topological polar surface area (TPSA) is 132 Å². The number of amides is 3. The highest BCUT2D eigenvalue weighted by Gasteiger charge is 2.36. The SMILES string of the molecule is COc1ccc(-c2ccc(C=C3SC(=O)N(CC(=O)Nc4cccc(C)c4)C3=O)o2)c([N+](=O)[O-])c1. The van der Waals surface area contributed by atoms with E-state index in [0.29, 0.717) is 23.2 Å². The molecular weight excluding hydrogens is 474 g/mol. The minimum atomic E-state index is -0.632. The Morgan fingerprint density at radius 2 is 2.00 bits per heavy atom. The van der Waals surface area contributed by atoms with Crippen molar-refractivity contribution in [3.63, 3.8) is 0 Å². The lowest BCUT2D eigenvalue weighted by Crippen LogP contribution is -2.36. The fourth-order valence-electron chi connectivity index (χ4n) is 3.41. The predicted molar refractivity (Wildman–Crippen MR) is 130 cm³/mol. The van der Waals surface area contributed by atoms with E-state index in [1.807, 2.05) is 13.0 Å². The summed E-state index contributed by atoms with van der Waals surface area (Å²) < 4.78 is 10.7. The predicted octanol–water partition coefficient (Wildman–Crippen LogP) is 4.85. The standard InChI is InChI=1S/C24H19N3O7S/c1-14-4-3-5-15(10-14)25-22(28)13-26-23(29)21(35-24(26)30)12-17-7-9-20(34-17)18-8-6-16(33-2)11-19(18)27(31)32/h3-12H,13H2,1-2H3,(H,25,28). The van der Waals surface area contributed by atoms with E-state index in [4.69, 9.17) is 9.15 Å². The highest BCUT2D eigenvalue weighted by Crippen LogP contribution is 2.36. The van der Waals surface area contributed by atoms with Gasteiger partial charge in [0.1, 0.15) is 23.8 Å². The molecule has 3 aromatic rings. The van der Waals surface area contributed by atoms with Crippen LogP contribution in [0.3, 0.4) is 0 Å². The molecule has 2 aromatic carbocycles. The highest BCUT2D eigenvalue weighted by molar-refractivity contribution is 8.18. The van der Waals surface area contributed by atoms with Crippen LogP contribution in [0.4, 0.5) is 16.2 Å². The zero-order valence-corrected chi connectivity index (χ0v) is 19.5. The number of rotatable bonds is 7. The second-order valence-electron chi connectivity index (χ2n) is 7.53. The second-order valence-corrected chi connectivity index (χ2v) is 8.52. The van der Waals surface area contributed by atoms with E-state index in [-0.39, 0.29) is 27.7 Å². The monoisotopic (exact) mass is 493 g/mol. The van der Waals surface area contributed by atoms with Crippen LogP contribution in [0.5, 0.6) is 5.75 Å². The maximum atomic E-state index is 12.7. The number of furan rings is 1. The first-order chi connectivity index (χ1) is 16.7. The van der Waals surface area contributed by atoms with Gasteiger partial charge < -0.3 is 14.5 Å². The third-order valence-electron chi connectivity index (χ3n) is 5.04. The number of nitrogens with zero attached hydrogens (tertiary/aromatic N) is 2. The molecule has 11 heteroatoms. The maximum Gasteiger partial charge on any atom is 0.294 e. The zero-order chi connectivity index (χ0) is 25.1. The Hall–Kier alpha value is -4.38. The number of carbonyl (C=O) groups excluding carboxylic acids is 3. The molecule has 3 amide bonds. The Labute approximate surface area is 203 Å². The summed E-state index contributed by atoms with van der Waals surface area (Å²) >= 11 is 0.679. The first-order valence-electron chi connectivity index (χ1n) is 10.3. The first kappa shape index (κ1) is 23.8. The van der Waals surface area contributed by atoms with Gasteiger partial charge >= 0.3 is 0 Å². The Bertz CT molecular complexity index is 1380. The van der Waals surface area contributed by atoms with Gasteiger partial charge in [0.25, 0.3) is 16.8 Å². The number of hydrogen-bond acceptors (Lipinski definition) is 8. The number of aryl methyl sites for hydroxylation is 1. The molecule has 1 N–H and O–H groups in total. The molecule has 0 saturated carbocycles. The third kappa shape index (κ3) is 5.25. The molecule has 0 atom stereocenters. The number of nitro groups is 1. The quantitative estimate of drug-likeness (QED) is 0.281. The Kier molecular flexibility index (Phi) is 6.69. The molecule has 0 unspecified atom stereocenters. The minimum Gasteiger partial charge on any atom is -0.497 e. The second kappa shape index (κ2) is 9.85. The minimum absolute atomic E-state index is 0.0727. The number of nitrogens with one attached hydrogen (secondary N) is 1. The molecule has 1 fully saturated rings. The molecule has 35 heavy (non-hydrogen) atoms. The first-order valence-corrected chi connectivity index (χ1v) is 11.1. The molecular formula is C24H19N3O7S. The fourth-order valence-corrected chi connectivity index (χ4v) is 4.22. The summed E-state index contributed by atoms with van der Waals surface area (Å²) in [4.78, 5) is 49.3. The van der Waals surface area contributed by atoms with E-state index in [1.165, 1.54) is 37.5 Å². The van der Waals surface area contributed by atoms with Gasteiger partial charge in [-0.1, -0.05) is 12.1 Å². The van der Waals surface area contributed by atoms with Gasteiger partial charge in [-0.3, -0.25) is 29.4 Å². The summed E-state index contributed by atoms with van der Waals surface area (Å²) in [5.41, 5.74) is 1.55. The smallest absolute Gasteiger partial charge is 0.294 e. The molecule has 1 aliphatic heterocycles. The molecule has 0 bridgehead atoms. The molecule has 178 valence electrons. The van der Waals surface area contributed by atoms with E-state index >= 15 is 0 Å². The Morgan fingerprint density at radius 1 is 1.20 bits per heavy atom. The fraction of sp³-hybridized carbons (Fsp3) is 0.125. The van der Waals surface area contributed by atoms with Gasteiger partial charge in [0.2, 0.25) is 5.91 Å². The van der Waals surface area contributed by atoms with E-state index in [9.17, 15) is 24.5 Å². The number of nitro benzene ring substituents is 1. The maximum absolute atomic E-state index is 12.7. The van der Waals surface area contributed by atoms with Crippen molar-refractivity contribution < 1.29 is 28.5 Å². The van der Waals surface area contributed by atoms with E-state index in [0.717, 1.165) is 10.5 Å². The molecule has 0 spiro atoms. The van der Waals surface area contributed by atoms with E-state index in [1.54, 1.807) is 24.3 Å². The van der Waals surface area contributed by atoms with Crippen LogP contribution in [0.25, 0.3) is 17.4 Å². The number of anilines is 1. The van der Waals surface area contributed by atoms with Gasteiger partial charge in [-0.25, -0.2) is 0 Å². The van der Waals surface area contributed by atoms with Crippen molar-refractivity contribution in [2.45, 2.75) is 6.92 Å². The molecule has 0 aliphatic carbocycles. The van der Waals surface area contributed by atoms with Crippen molar-refractivity contribution in [1.82, 2.24) is 4.90 Å². The average Bonchev–Trinajstić information content (AvgIpc) is 3.38. The van der Waals surface area contributed by atoms with Gasteiger partial charge in [0.15, 0.2) is 0 Å². The summed E-state index contributed by atoms with van der Waals surface area (Å²) in [6, 6.07) is 14.5. The number of methoxy groups -OCH3 is 1. The van der Waals surface area contributed by atoms with Crippen molar-refractivity contribution in [2.75, 3.05) is 19.0 Å². The normalized spacial score (nSPS) is 14.5. The van der Waals surface area contributed by atoms with Crippen molar-refractivity contribution in [1.29, 1.82) is 0 Å². The number of carbonyl (C=O) groups is 3. The van der Waals surface area contributed by atoms with Crippen molar-refractivity contribution >= 4 is 46.3 Å². The zero-order valence-electron chi connectivity index (χ0n) is 18.6. The van der Waals surface area contributed by atoms with E-state index < -0.39 is 28.5 Å². The summed E-state index contributed by atoms with van der Waals surface area (Å²) in [5, 5.41) is 13.5. The number of ether oxygens (including phenoxy) is 1. The van der Waals surface area contributed by atoms with Crippen molar-refractivity contribution in [3.05, 3.63) is 80.9 Å². The van der Waals surface area contributed by atoms with E-state index in [2.05, 4.69) is 5.32 Å². The van der Waals surface area contributed by atoms with Crippen LogP contribution in [0.1, 0.15) is 11.3 Å². The van der Waals surface area contributed by atoms with Gasteiger partial charge in [-0.2, -0.15) is 0 Å². The van der Waals surface area contributed by atoms with Crippen LogP contribution in [0, 0.1) is 17.0 Å². The summed E-state index contributed by atoms with van der Waals surface area (Å²) in [6.07, 6.45) is 1.36. The molecule has 0 radical (unpaired) electrons. The third-order valence-corrected chi connectivity index (χ3v) is 5.95. The lowest BCUT2D eigenvalue weighted by molar-refractivity contribution is -0.384. The van der Waals surface area contributed by atoms with Crippen LogP contribution < -0.4 is 10.1 Å². The molecule has 1 saturated heterocycles. The summed E-state index contributed by atoms with van der Waals surface area (Å²) in [6.45, 7) is 1.45. The summed E-state index contributed by atoms with van der Waals surface area (Å²) in [7, 11) is 1.41. The van der Waals surface area contributed by atoms with Crippen LogP contribution in [-0.4, -0.2) is 40.5 Å². The van der Waals surface area contributed by atoms with Crippen LogP contribution in [-0.2, 0) is 9.59 Å². The van der Waals surface area contributed by atoms with Crippen LogP contribution in [0.2, 0.25) is 0 Å². The molecule has 4 rings (SSSR count). The van der Waals surface area contributed by atoms with Crippen molar-refractivity contribution in [2.24, 2.45) is 0 Å². The van der Waals surface area contributed by atoms with Gasteiger partial charge in [-0.15, -0.1) is 0 Å². The molecule has 1 aromatic heterocycles. The Morgan fingerprint density at radius 3 is 2.71 bits per heavy atom. The number of imide groups is 1. The van der Waals surface area contributed by atoms with Gasteiger partial charge in [0.05, 0.1) is 28.6 Å². The van der Waals surface area contributed by atoms with Crippen molar-refractivity contribution in [3.8, 4) is 17.1 Å². The van der Waals surface area contributed by atoms with Gasteiger partial charge in [0, 0.05) is 11.8 Å². The molecule has 10 nitrogen and oxygen atoms in total. The van der Waals surface area contributed by atoms with Crippen LogP contribution in [0.15, 0.2) is 63.9 Å². The largest absolute Gasteiger partial charge is 0.497 e. The lowest BCUT2D eigenvalue weighted by atomic mass is 10.1.